The molecule has 0 saturated carbocycles. The zero-order chi connectivity index (χ0) is 14.1. The molecule has 21 heavy (non-hydrogen) atoms. The molecule has 0 unspecified atom stereocenters. The van der Waals surface area contributed by atoms with Crippen molar-refractivity contribution in [2.45, 2.75) is 0 Å². The van der Waals surface area contributed by atoms with Crippen LogP contribution in [0.1, 0.15) is 0 Å². The Morgan fingerprint density at radius 3 is 2.76 bits per heavy atom. The van der Waals surface area contributed by atoms with Gasteiger partial charge in [0.05, 0.1) is 22.5 Å². The topological polar surface area (TPSA) is 83.1 Å². The maximum atomic E-state index is 4.72. The first kappa shape index (κ1) is 12.0. The molecular weight excluding hydrogens is 284 g/mol. The van der Waals surface area contributed by atoms with Crippen LogP contribution in [0.15, 0.2) is 49.2 Å². The number of rotatable bonds is 3. The Morgan fingerprint density at radius 1 is 1.05 bits per heavy atom. The number of nitrogens with zero attached hydrogens (tertiary/aromatic N) is 4. The quantitative estimate of drug-likeness (QED) is 0.608. The zero-order valence-electron chi connectivity index (χ0n) is 10.8. The van der Waals surface area contributed by atoms with Gasteiger partial charge in [0.15, 0.2) is 0 Å². The summed E-state index contributed by atoms with van der Waals surface area (Å²) in [5, 5.41) is 7.84. The van der Waals surface area contributed by atoms with Gasteiger partial charge in [-0.3, -0.25) is 15.1 Å². The first-order valence-corrected chi connectivity index (χ1v) is 7.14. The molecule has 0 spiro atoms. The predicted octanol–water partition coefficient (Wildman–Crippen LogP) is 2.99. The molecule has 0 amide bonds. The fraction of sp³-hybridized carbons (Fsp3) is 0. The van der Waals surface area contributed by atoms with Gasteiger partial charge in [-0.25, -0.2) is 4.98 Å². The second kappa shape index (κ2) is 4.95. The van der Waals surface area contributed by atoms with Crippen LogP contribution in [0.25, 0.3) is 32.7 Å². The van der Waals surface area contributed by atoms with Gasteiger partial charge in [0.25, 0.3) is 0 Å². The first-order chi connectivity index (χ1) is 10.4. The summed E-state index contributed by atoms with van der Waals surface area (Å²) in [7, 11) is 0. The first-order valence-electron chi connectivity index (χ1n) is 6.32. The van der Waals surface area contributed by atoms with Crippen LogP contribution in [0.3, 0.4) is 0 Å². The molecule has 102 valence electrons. The zero-order valence-corrected chi connectivity index (χ0v) is 11.6. The Balaban J connectivity index is 1.91. The Labute approximate surface area is 124 Å². The highest BCUT2D eigenvalue weighted by Crippen LogP contribution is 2.38. The van der Waals surface area contributed by atoms with Gasteiger partial charge < -0.3 is 4.98 Å². The number of thiazole rings is 1. The lowest BCUT2D eigenvalue weighted by Crippen LogP contribution is -1.84. The largest absolute Gasteiger partial charge is 0.360 e. The van der Waals surface area contributed by atoms with Crippen molar-refractivity contribution in [1.82, 2.24) is 30.1 Å². The van der Waals surface area contributed by atoms with Crippen molar-refractivity contribution in [3.05, 3.63) is 49.2 Å². The average molecular weight is 294 g/mol. The summed E-state index contributed by atoms with van der Waals surface area (Å²) >= 11 is 1.56. The van der Waals surface area contributed by atoms with Crippen molar-refractivity contribution in [2.24, 2.45) is 0 Å². The third-order valence-electron chi connectivity index (χ3n) is 3.01. The molecule has 6 nitrogen and oxygen atoms in total. The molecule has 0 aliphatic rings. The number of hydrogen-bond acceptors (Lipinski definition) is 5. The van der Waals surface area contributed by atoms with Crippen LogP contribution < -0.4 is 0 Å². The molecular formula is C14H10N6S. The fourth-order valence-corrected chi connectivity index (χ4v) is 3.08. The minimum atomic E-state index is 0.765. The molecule has 4 heterocycles. The minimum absolute atomic E-state index is 0.765. The van der Waals surface area contributed by atoms with Crippen LogP contribution in [-0.2, 0) is 0 Å². The maximum absolute atomic E-state index is 4.72. The summed E-state index contributed by atoms with van der Waals surface area (Å²) in [5.41, 5.74) is 3.55. The van der Waals surface area contributed by atoms with E-state index in [1.54, 1.807) is 36.1 Å². The third-order valence-corrected chi connectivity index (χ3v) is 4.12. The van der Waals surface area contributed by atoms with Crippen molar-refractivity contribution in [2.75, 3.05) is 0 Å². The molecule has 0 bridgehead atoms. The molecule has 4 aromatic rings. The highest BCUT2D eigenvalue weighted by Gasteiger charge is 2.18. The summed E-state index contributed by atoms with van der Waals surface area (Å²) < 4.78 is 0. The van der Waals surface area contributed by atoms with E-state index in [9.17, 15) is 0 Å². The van der Waals surface area contributed by atoms with Crippen molar-refractivity contribution in [3.8, 4) is 32.7 Å². The van der Waals surface area contributed by atoms with Crippen LogP contribution in [0.4, 0.5) is 0 Å². The van der Waals surface area contributed by atoms with Gasteiger partial charge in [0, 0.05) is 24.8 Å². The monoisotopic (exact) mass is 294 g/mol. The molecule has 0 aromatic carbocycles. The lowest BCUT2D eigenvalue weighted by atomic mass is 10.2. The Kier molecular flexibility index (Phi) is 2.82. The van der Waals surface area contributed by atoms with Crippen LogP contribution in [-0.4, -0.2) is 30.1 Å². The van der Waals surface area contributed by atoms with Gasteiger partial charge in [-0.2, -0.15) is 5.10 Å². The van der Waals surface area contributed by atoms with Gasteiger partial charge in [0.1, 0.15) is 16.4 Å². The summed E-state index contributed by atoms with van der Waals surface area (Å²) in [5.74, 6) is 0. The Hall–Kier alpha value is -2.80. The number of nitrogens with one attached hydrogen (secondary N) is 2. The van der Waals surface area contributed by atoms with Crippen LogP contribution in [0.2, 0.25) is 0 Å². The fourth-order valence-electron chi connectivity index (χ4n) is 2.06. The van der Waals surface area contributed by atoms with E-state index in [1.165, 1.54) is 0 Å². The molecule has 0 aliphatic heterocycles. The molecule has 0 fully saturated rings. The Bertz CT molecular complexity index is 781. The molecule has 0 saturated heterocycles. The maximum Gasteiger partial charge on any atom is 0.144 e. The summed E-state index contributed by atoms with van der Waals surface area (Å²) in [6, 6.07) is 5.88. The van der Waals surface area contributed by atoms with Gasteiger partial charge in [0.2, 0.25) is 0 Å². The van der Waals surface area contributed by atoms with Crippen molar-refractivity contribution in [3.63, 3.8) is 0 Å². The van der Waals surface area contributed by atoms with Crippen LogP contribution >= 0.6 is 11.3 Å². The van der Waals surface area contributed by atoms with Gasteiger partial charge >= 0.3 is 0 Å². The van der Waals surface area contributed by atoms with E-state index in [0.29, 0.717) is 0 Å². The minimum Gasteiger partial charge on any atom is -0.360 e. The SMILES string of the molecule is c1c[nH]c(-c2nc(-c3cnccn3)sc2-c2ccn[nH]2)c1. The Morgan fingerprint density at radius 2 is 2.05 bits per heavy atom. The number of hydrogen-bond donors (Lipinski definition) is 2. The average Bonchev–Trinajstić information content (AvgIpc) is 3.27. The second-order valence-corrected chi connectivity index (χ2v) is 5.34. The van der Waals surface area contributed by atoms with E-state index in [0.717, 1.165) is 32.7 Å². The molecule has 0 atom stereocenters. The van der Waals surface area contributed by atoms with E-state index >= 15 is 0 Å². The molecule has 0 aliphatic carbocycles. The summed E-state index contributed by atoms with van der Waals surface area (Å²) in [4.78, 5) is 17.4. The smallest absolute Gasteiger partial charge is 0.144 e. The lowest BCUT2D eigenvalue weighted by Gasteiger charge is -1.96. The molecule has 4 rings (SSSR count). The third kappa shape index (κ3) is 2.13. The molecule has 4 aromatic heterocycles. The van der Waals surface area contributed by atoms with E-state index in [4.69, 9.17) is 4.98 Å². The van der Waals surface area contributed by atoms with Gasteiger partial charge in [-0.05, 0) is 18.2 Å². The lowest BCUT2D eigenvalue weighted by molar-refractivity contribution is 1.10. The second-order valence-electron chi connectivity index (χ2n) is 4.34. The van der Waals surface area contributed by atoms with Crippen molar-refractivity contribution >= 4 is 11.3 Å². The summed E-state index contributed by atoms with van der Waals surface area (Å²) in [6.07, 6.45) is 8.65. The highest BCUT2D eigenvalue weighted by molar-refractivity contribution is 7.18. The number of aromatic nitrogens is 6. The van der Waals surface area contributed by atoms with E-state index in [2.05, 4.69) is 25.1 Å². The number of H-pyrrole nitrogens is 2. The van der Waals surface area contributed by atoms with E-state index < -0.39 is 0 Å². The van der Waals surface area contributed by atoms with Crippen molar-refractivity contribution in [1.29, 1.82) is 0 Å². The van der Waals surface area contributed by atoms with E-state index in [-0.39, 0.29) is 0 Å². The normalized spacial score (nSPS) is 10.9. The van der Waals surface area contributed by atoms with Crippen molar-refractivity contribution < 1.29 is 0 Å². The molecule has 0 radical (unpaired) electrons. The van der Waals surface area contributed by atoms with E-state index in [1.807, 2.05) is 24.4 Å². The van der Waals surface area contributed by atoms with Gasteiger partial charge in [-0.15, -0.1) is 11.3 Å². The van der Waals surface area contributed by atoms with Crippen LogP contribution in [0.5, 0.6) is 0 Å². The highest BCUT2D eigenvalue weighted by atomic mass is 32.1. The van der Waals surface area contributed by atoms with Gasteiger partial charge in [-0.1, -0.05) is 0 Å². The predicted molar refractivity (Wildman–Crippen MR) is 80.5 cm³/mol. The van der Waals surface area contributed by atoms with Crippen LogP contribution in [0, 0.1) is 0 Å². The summed E-state index contributed by atoms with van der Waals surface area (Å²) in [6.45, 7) is 0. The molecule has 2 N–H and O–H groups in total. The number of aromatic amines is 2. The molecule has 7 heteroatoms. The standard InChI is InChI=1S/C14H10N6S/c1-2-9(16-4-1)12-13(10-3-5-18-20-10)21-14(19-12)11-8-15-6-7-17-11/h1-8,16H,(H,18,20).